The smallest absolute Gasteiger partial charge is 0.350 e. The van der Waals surface area contributed by atoms with Gasteiger partial charge in [-0.2, -0.15) is 0 Å². The van der Waals surface area contributed by atoms with Gasteiger partial charge in [-0.1, -0.05) is 11.3 Å². The summed E-state index contributed by atoms with van der Waals surface area (Å²) >= 11 is 1.19. The van der Waals surface area contributed by atoms with Crippen LogP contribution in [0.5, 0.6) is 17.2 Å². The molecule has 1 unspecified atom stereocenters. The predicted octanol–water partition coefficient (Wildman–Crippen LogP) is 6.94. The van der Waals surface area contributed by atoms with Crippen molar-refractivity contribution in [3.63, 3.8) is 0 Å². The summed E-state index contributed by atoms with van der Waals surface area (Å²) in [7, 11) is 1.62. The number of anilines is 2. The molecular formula is C30H36N4O7S. The average molecular weight is 597 g/mol. The van der Waals surface area contributed by atoms with Crippen molar-refractivity contribution >= 4 is 28.1 Å². The maximum absolute atomic E-state index is 12.7. The first-order valence-electron chi connectivity index (χ1n) is 13.5. The van der Waals surface area contributed by atoms with Crippen LogP contribution in [0.4, 0.5) is 10.8 Å². The number of carbonyl (C=O) groups is 1. The molecule has 11 nitrogen and oxygen atoms in total. The summed E-state index contributed by atoms with van der Waals surface area (Å²) in [4.78, 5) is 17.7. The quantitative estimate of drug-likeness (QED) is 0.161. The molecule has 0 spiro atoms. The lowest BCUT2D eigenvalue weighted by atomic mass is 10.2. The van der Waals surface area contributed by atoms with Crippen LogP contribution in [0.25, 0.3) is 11.5 Å². The maximum atomic E-state index is 12.7. The number of thiazole rings is 1. The van der Waals surface area contributed by atoms with Gasteiger partial charge in [0.25, 0.3) is 0 Å². The zero-order valence-electron chi connectivity index (χ0n) is 24.8. The van der Waals surface area contributed by atoms with E-state index in [2.05, 4.69) is 20.5 Å². The van der Waals surface area contributed by atoms with Crippen LogP contribution in [0.3, 0.4) is 0 Å². The van der Waals surface area contributed by atoms with Gasteiger partial charge in [0.15, 0.2) is 5.13 Å². The van der Waals surface area contributed by atoms with Crippen LogP contribution >= 0.6 is 11.3 Å². The Hall–Kier alpha value is -4.00. The number of hydrogen-bond donors (Lipinski definition) is 1. The molecule has 0 amide bonds. The Morgan fingerprint density at radius 2 is 1.81 bits per heavy atom. The Morgan fingerprint density at radius 1 is 1.07 bits per heavy atom. The SMILES string of the molecule is CCOC(=O)c1sc(Nc2cc(Oc3ccc(-c4nnc(C)o4)cc3)cc(OC(C)COC)c2)nc1COC(C)(C)C. The number of aromatic nitrogens is 3. The average Bonchev–Trinajstić information content (AvgIpc) is 3.54. The molecule has 0 radical (unpaired) electrons. The molecule has 4 aromatic rings. The highest BCUT2D eigenvalue weighted by Gasteiger charge is 2.22. The zero-order valence-corrected chi connectivity index (χ0v) is 25.7. The van der Waals surface area contributed by atoms with Crippen LogP contribution in [0.15, 0.2) is 46.9 Å². The Kier molecular flexibility index (Phi) is 10.2. The molecule has 2 aromatic carbocycles. The molecule has 0 aliphatic rings. The number of hydrogen-bond acceptors (Lipinski definition) is 12. The molecule has 0 saturated carbocycles. The van der Waals surface area contributed by atoms with E-state index in [9.17, 15) is 4.79 Å². The maximum Gasteiger partial charge on any atom is 0.350 e. The molecule has 0 bridgehead atoms. The summed E-state index contributed by atoms with van der Waals surface area (Å²) in [6.07, 6.45) is -0.202. The third kappa shape index (κ3) is 8.75. The van der Waals surface area contributed by atoms with Crippen LogP contribution in [-0.2, 0) is 20.8 Å². The van der Waals surface area contributed by atoms with Gasteiger partial charge < -0.3 is 33.4 Å². The van der Waals surface area contributed by atoms with Crippen LogP contribution in [0.2, 0.25) is 0 Å². The van der Waals surface area contributed by atoms with Crippen molar-refractivity contribution in [1.82, 2.24) is 15.2 Å². The number of methoxy groups -OCH3 is 1. The molecule has 2 aromatic heterocycles. The highest BCUT2D eigenvalue weighted by atomic mass is 32.1. The van der Waals surface area contributed by atoms with Crippen molar-refractivity contribution in [2.75, 3.05) is 25.6 Å². The third-order valence-corrected chi connectivity index (χ3v) is 6.53. The highest BCUT2D eigenvalue weighted by molar-refractivity contribution is 7.17. The predicted molar refractivity (Wildman–Crippen MR) is 159 cm³/mol. The van der Waals surface area contributed by atoms with Crippen LogP contribution in [0, 0.1) is 6.92 Å². The van der Waals surface area contributed by atoms with E-state index in [1.807, 2.05) is 64.1 Å². The van der Waals surface area contributed by atoms with Gasteiger partial charge in [0.05, 0.1) is 31.1 Å². The van der Waals surface area contributed by atoms with Crippen molar-refractivity contribution in [2.24, 2.45) is 0 Å². The minimum Gasteiger partial charge on any atom is -0.488 e. The first-order chi connectivity index (χ1) is 20.0. The fourth-order valence-electron chi connectivity index (χ4n) is 3.75. The Balaban J connectivity index is 1.60. The number of ether oxygens (including phenoxy) is 5. The summed E-state index contributed by atoms with van der Waals surface area (Å²) in [5.74, 6) is 2.18. The lowest BCUT2D eigenvalue weighted by Gasteiger charge is -2.18. The minimum absolute atomic E-state index is 0.168. The van der Waals surface area contributed by atoms with E-state index in [0.717, 1.165) is 5.56 Å². The van der Waals surface area contributed by atoms with Gasteiger partial charge in [-0.15, -0.1) is 10.2 Å². The summed E-state index contributed by atoms with van der Waals surface area (Å²) in [5.41, 5.74) is 1.54. The second kappa shape index (κ2) is 13.8. The summed E-state index contributed by atoms with van der Waals surface area (Å²) in [5, 5.41) is 11.7. The fourth-order valence-corrected chi connectivity index (χ4v) is 4.64. The first-order valence-corrected chi connectivity index (χ1v) is 14.3. The van der Waals surface area contributed by atoms with Gasteiger partial charge in [0.2, 0.25) is 11.8 Å². The molecule has 1 N–H and O–H groups in total. The van der Waals surface area contributed by atoms with Gasteiger partial charge in [-0.05, 0) is 58.9 Å². The first kappa shape index (κ1) is 30.9. The second-order valence-electron chi connectivity index (χ2n) is 10.4. The zero-order chi connectivity index (χ0) is 30.3. The number of esters is 1. The van der Waals surface area contributed by atoms with Gasteiger partial charge in [-0.25, -0.2) is 9.78 Å². The lowest BCUT2D eigenvalue weighted by molar-refractivity contribution is -0.0168. The molecule has 42 heavy (non-hydrogen) atoms. The van der Waals surface area contributed by atoms with Gasteiger partial charge in [0, 0.05) is 43.5 Å². The van der Waals surface area contributed by atoms with Gasteiger partial charge >= 0.3 is 5.97 Å². The summed E-state index contributed by atoms with van der Waals surface area (Å²) < 4.78 is 34.2. The molecule has 0 aliphatic carbocycles. The number of benzene rings is 2. The fraction of sp³-hybridized carbons (Fsp3) is 0.400. The molecule has 4 rings (SSSR count). The number of rotatable bonds is 13. The van der Waals surface area contributed by atoms with Crippen LogP contribution < -0.4 is 14.8 Å². The van der Waals surface area contributed by atoms with E-state index in [1.54, 1.807) is 27.0 Å². The number of carbonyl (C=O) groups excluding carboxylic acids is 1. The number of aryl methyl sites for hydroxylation is 1. The number of nitrogens with zero attached hydrogens (tertiary/aromatic N) is 3. The van der Waals surface area contributed by atoms with E-state index < -0.39 is 11.6 Å². The molecule has 2 heterocycles. The topological polar surface area (TPSA) is 127 Å². The van der Waals surface area contributed by atoms with E-state index in [4.69, 9.17) is 28.1 Å². The van der Waals surface area contributed by atoms with Crippen LogP contribution in [0.1, 0.15) is 55.9 Å². The summed E-state index contributed by atoms with van der Waals surface area (Å²) in [6, 6.07) is 12.8. The normalized spacial score (nSPS) is 12.2. The number of nitrogens with one attached hydrogen (secondary N) is 1. The molecule has 0 saturated heterocycles. The van der Waals surface area contributed by atoms with E-state index in [0.29, 0.717) is 57.0 Å². The van der Waals surface area contributed by atoms with E-state index in [-0.39, 0.29) is 19.3 Å². The summed E-state index contributed by atoms with van der Waals surface area (Å²) in [6.45, 7) is 12.1. The van der Waals surface area contributed by atoms with Crippen molar-refractivity contribution in [1.29, 1.82) is 0 Å². The minimum atomic E-state index is -0.441. The standard InChI is InChI=1S/C30H36N4O7S/c1-8-37-28(35)26-25(17-38-30(4,5)6)32-29(42-26)31-21-13-23(39-18(2)16-36-7)15-24(14-21)41-22-11-9-20(10-12-22)27-34-33-19(3)40-27/h9-15,18H,8,16-17H2,1-7H3,(H,31,32). The van der Waals surface area contributed by atoms with Crippen LogP contribution in [-0.4, -0.2) is 53.2 Å². The molecule has 1 atom stereocenters. The Bertz CT molecular complexity index is 1480. The Morgan fingerprint density at radius 3 is 2.45 bits per heavy atom. The molecular weight excluding hydrogens is 560 g/mol. The third-order valence-electron chi connectivity index (χ3n) is 5.53. The largest absolute Gasteiger partial charge is 0.488 e. The van der Waals surface area contributed by atoms with Crippen molar-refractivity contribution < 1.29 is 32.9 Å². The van der Waals surface area contributed by atoms with Crippen molar-refractivity contribution in [2.45, 2.75) is 59.9 Å². The molecule has 0 aliphatic heterocycles. The molecule has 0 fully saturated rings. The van der Waals surface area contributed by atoms with Crippen molar-refractivity contribution in [3.05, 3.63) is 58.9 Å². The monoisotopic (exact) mass is 596 g/mol. The second-order valence-corrected chi connectivity index (χ2v) is 11.4. The molecule has 224 valence electrons. The van der Waals surface area contributed by atoms with Crippen molar-refractivity contribution in [3.8, 4) is 28.7 Å². The Labute approximate surface area is 249 Å². The van der Waals surface area contributed by atoms with Gasteiger partial charge in [0.1, 0.15) is 28.2 Å². The van der Waals surface area contributed by atoms with E-state index >= 15 is 0 Å². The van der Waals surface area contributed by atoms with Gasteiger partial charge in [-0.3, -0.25) is 0 Å². The molecule has 12 heteroatoms. The van der Waals surface area contributed by atoms with E-state index in [1.165, 1.54) is 11.3 Å². The highest BCUT2D eigenvalue weighted by Crippen LogP contribution is 2.35. The lowest BCUT2D eigenvalue weighted by Crippen LogP contribution is -2.19.